The summed E-state index contributed by atoms with van der Waals surface area (Å²) >= 11 is 0. The monoisotopic (exact) mass is 235 g/mol. The van der Waals surface area contributed by atoms with Gasteiger partial charge in [0.15, 0.2) is 0 Å². The largest absolute Gasteiger partial charge is 0.377 e. The van der Waals surface area contributed by atoms with Gasteiger partial charge in [0.25, 0.3) is 0 Å². The van der Waals surface area contributed by atoms with E-state index in [2.05, 4.69) is 44.3 Å². The minimum absolute atomic E-state index is 0.242. The average Bonchev–Trinajstić information content (AvgIpc) is 2.30. The molecule has 0 bridgehead atoms. The Bertz CT molecular complexity index is 349. The second kappa shape index (κ2) is 6.77. The smallest absolute Gasteiger partial charge is 0.0702 e. The predicted molar refractivity (Wildman–Crippen MR) is 73.6 cm³/mol. The lowest BCUT2D eigenvalue weighted by molar-refractivity contribution is 0.0497. The van der Waals surface area contributed by atoms with Crippen molar-refractivity contribution in [3.05, 3.63) is 34.9 Å². The van der Waals surface area contributed by atoms with Crippen molar-refractivity contribution in [1.82, 2.24) is 5.32 Å². The number of rotatable bonds is 6. The lowest BCUT2D eigenvalue weighted by Gasteiger charge is -2.23. The van der Waals surface area contributed by atoms with E-state index in [-0.39, 0.29) is 6.10 Å². The van der Waals surface area contributed by atoms with Crippen LogP contribution >= 0.6 is 0 Å². The summed E-state index contributed by atoms with van der Waals surface area (Å²) in [5, 5.41) is 3.34. The van der Waals surface area contributed by atoms with Crippen LogP contribution in [-0.4, -0.2) is 25.8 Å². The maximum Gasteiger partial charge on any atom is 0.0702 e. The topological polar surface area (TPSA) is 21.3 Å². The third-order valence-electron chi connectivity index (χ3n) is 3.39. The number of ether oxygens (including phenoxy) is 1. The van der Waals surface area contributed by atoms with Crippen LogP contribution in [0, 0.1) is 13.8 Å². The first-order valence-electron chi connectivity index (χ1n) is 6.43. The summed E-state index contributed by atoms with van der Waals surface area (Å²) in [7, 11) is 2.00. The van der Waals surface area contributed by atoms with Gasteiger partial charge in [-0.3, -0.25) is 0 Å². The zero-order valence-corrected chi connectivity index (χ0v) is 11.7. The van der Waals surface area contributed by atoms with Crippen molar-refractivity contribution in [3.63, 3.8) is 0 Å². The number of likely N-dealkylation sites (N-methyl/N-ethyl adjacent to an activating group) is 1. The molecule has 0 saturated heterocycles. The molecule has 2 unspecified atom stereocenters. The standard InChI is InChI=1S/C15H25NO/c1-6-17-13(4)15(16-5)10-14-8-7-11(2)12(3)9-14/h7-9,13,15-16H,6,10H2,1-5H3. The van der Waals surface area contributed by atoms with Gasteiger partial charge < -0.3 is 10.1 Å². The number of hydrogen-bond donors (Lipinski definition) is 1. The summed E-state index contributed by atoms with van der Waals surface area (Å²) in [4.78, 5) is 0. The molecule has 1 rings (SSSR count). The molecule has 0 radical (unpaired) electrons. The fraction of sp³-hybridized carbons (Fsp3) is 0.600. The van der Waals surface area contributed by atoms with E-state index in [1.165, 1.54) is 16.7 Å². The van der Waals surface area contributed by atoms with Crippen LogP contribution in [0.4, 0.5) is 0 Å². The third-order valence-corrected chi connectivity index (χ3v) is 3.39. The molecule has 96 valence electrons. The Kier molecular flexibility index (Phi) is 5.66. The number of nitrogens with one attached hydrogen (secondary N) is 1. The fourth-order valence-corrected chi connectivity index (χ4v) is 2.07. The van der Waals surface area contributed by atoms with Gasteiger partial charge in [-0.2, -0.15) is 0 Å². The molecule has 0 saturated carbocycles. The van der Waals surface area contributed by atoms with Crippen LogP contribution in [0.25, 0.3) is 0 Å². The average molecular weight is 235 g/mol. The molecule has 0 aromatic heterocycles. The minimum atomic E-state index is 0.242. The van der Waals surface area contributed by atoms with Gasteiger partial charge >= 0.3 is 0 Å². The molecule has 0 fully saturated rings. The van der Waals surface area contributed by atoms with Crippen LogP contribution in [0.1, 0.15) is 30.5 Å². The quantitative estimate of drug-likeness (QED) is 0.818. The first kappa shape index (κ1) is 14.2. The van der Waals surface area contributed by atoms with Gasteiger partial charge in [-0.05, 0) is 57.9 Å². The molecule has 1 aromatic carbocycles. The lowest BCUT2D eigenvalue weighted by Crippen LogP contribution is -2.39. The van der Waals surface area contributed by atoms with Crippen LogP contribution in [0.15, 0.2) is 18.2 Å². The number of benzene rings is 1. The van der Waals surface area contributed by atoms with Crippen molar-refractivity contribution in [2.24, 2.45) is 0 Å². The van der Waals surface area contributed by atoms with Crippen LogP contribution in [0.2, 0.25) is 0 Å². The summed E-state index contributed by atoms with van der Waals surface area (Å²) in [6.45, 7) is 9.26. The summed E-state index contributed by atoms with van der Waals surface area (Å²) in [6.07, 6.45) is 1.25. The Labute approximate surface area is 105 Å². The molecule has 0 aliphatic heterocycles. The van der Waals surface area contributed by atoms with E-state index in [4.69, 9.17) is 4.74 Å². The molecule has 17 heavy (non-hydrogen) atoms. The molecular weight excluding hydrogens is 210 g/mol. The number of aryl methyl sites for hydroxylation is 2. The second-order valence-electron chi connectivity index (χ2n) is 4.68. The van der Waals surface area contributed by atoms with Crippen molar-refractivity contribution < 1.29 is 4.74 Å². The molecule has 1 aromatic rings. The minimum Gasteiger partial charge on any atom is -0.377 e. The van der Waals surface area contributed by atoms with E-state index in [1.807, 2.05) is 14.0 Å². The molecule has 2 atom stereocenters. The maximum atomic E-state index is 5.66. The normalized spacial score (nSPS) is 14.6. The predicted octanol–water partition coefficient (Wildman–Crippen LogP) is 2.86. The molecule has 0 aliphatic rings. The Morgan fingerprint density at radius 3 is 2.47 bits per heavy atom. The summed E-state index contributed by atoms with van der Waals surface area (Å²) < 4.78 is 5.66. The van der Waals surface area contributed by atoms with Gasteiger partial charge in [0.1, 0.15) is 0 Å². The molecule has 2 nitrogen and oxygen atoms in total. The van der Waals surface area contributed by atoms with E-state index < -0.39 is 0 Å². The Balaban J connectivity index is 2.70. The zero-order valence-electron chi connectivity index (χ0n) is 11.7. The Hall–Kier alpha value is -0.860. The summed E-state index contributed by atoms with van der Waals surface area (Å²) in [5.41, 5.74) is 4.09. The van der Waals surface area contributed by atoms with Crippen LogP contribution < -0.4 is 5.32 Å². The van der Waals surface area contributed by atoms with Crippen molar-refractivity contribution in [2.45, 2.75) is 46.3 Å². The van der Waals surface area contributed by atoms with Crippen molar-refractivity contribution in [2.75, 3.05) is 13.7 Å². The molecule has 2 heteroatoms. The highest BCUT2D eigenvalue weighted by atomic mass is 16.5. The van der Waals surface area contributed by atoms with E-state index in [1.54, 1.807) is 0 Å². The first-order valence-corrected chi connectivity index (χ1v) is 6.43. The van der Waals surface area contributed by atoms with E-state index in [0.717, 1.165) is 13.0 Å². The highest BCUT2D eigenvalue weighted by Gasteiger charge is 2.16. The van der Waals surface area contributed by atoms with Gasteiger partial charge in [0, 0.05) is 12.6 Å². The summed E-state index contributed by atoms with van der Waals surface area (Å²) in [6, 6.07) is 7.06. The first-order chi connectivity index (χ1) is 8.08. The molecule has 0 heterocycles. The second-order valence-corrected chi connectivity index (χ2v) is 4.68. The fourth-order valence-electron chi connectivity index (χ4n) is 2.07. The van der Waals surface area contributed by atoms with Crippen molar-refractivity contribution in [1.29, 1.82) is 0 Å². The highest BCUT2D eigenvalue weighted by molar-refractivity contribution is 5.30. The van der Waals surface area contributed by atoms with Gasteiger partial charge in [0.2, 0.25) is 0 Å². The maximum absolute atomic E-state index is 5.66. The van der Waals surface area contributed by atoms with Crippen LogP contribution in [0.5, 0.6) is 0 Å². The molecule has 1 N–H and O–H groups in total. The van der Waals surface area contributed by atoms with E-state index in [0.29, 0.717) is 6.04 Å². The molecule has 0 amide bonds. The lowest BCUT2D eigenvalue weighted by atomic mass is 9.98. The number of hydrogen-bond acceptors (Lipinski definition) is 2. The van der Waals surface area contributed by atoms with Crippen molar-refractivity contribution >= 4 is 0 Å². The molecular formula is C15H25NO. The van der Waals surface area contributed by atoms with Gasteiger partial charge in [-0.15, -0.1) is 0 Å². The van der Waals surface area contributed by atoms with E-state index in [9.17, 15) is 0 Å². The SMILES string of the molecule is CCOC(C)C(Cc1ccc(C)c(C)c1)NC. The highest BCUT2D eigenvalue weighted by Crippen LogP contribution is 2.13. The van der Waals surface area contributed by atoms with Crippen LogP contribution in [-0.2, 0) is 11.2 Å². The van der Waals surface area contributed by atoms with Gasteiger partial charge in [-0.1, -0.05) is 18.2 Å². The summed E-state index contributed by atoms with van der Waals surface area (Å²) in [5.74, 6) is 0. The third kappa shape index (κ3) is 4.14. The van der Waals surface area contributed by atoms with Gasteiger partial charge in [0.05, 0.1) is 6.10 Å². The van der Waals surface area contributed by atoms with Crippen molar-refractivity contribution in [3.8, 4) is 0 Å². The molecule has 0 aliphatic carbocycles. The molecule has 0 spiro atoms. The van der Waals surface area contributed by atoms with Crippen LogP contribution in [0.3, 0.4) is 0 Å². The van der Waals surface area contributed by atoms with E-state index >= 15 is 0 Å². The Morgan fingerprint density at radius 1 is 1.24 bits per heavy atom. The Morgan fingerprint density at radius 2 is 1.94 bits per heavy atom. The zero-order chi connectivity index (χ0) is 12.8. The van der Waals surface area contributed by atoms with Gasteiger partial charge in [-0.25, -0.2) is 0 Å².